The Labute approximate surface area is 239 Å². The van der Waals surface area contributed by atoms with Gasteiger partial charge >= 0.3 is 15.5 Å². The molecular formula is C29H26ClF4N3O3S. The van der Waals surface area contributed by atoms with Gasteiger partial charge < -0.3 is 13.9 Å². The zero-order valence-electron chi connectivity index (χ0n) is 22.3. The maximum absolute atomic E-state index is 15.9. The summed E-state index contributed by atoms with van der Waals surface area (Å²) < 4.78 is 90.8. The molecular weight excluding hydrogens is 582 g/mol. The third-order valence-electron chi connectivity index (χ3n) is 7.06. The number of halogens is 5. The van der Waals surface area contributed by atoms with Crippen LogP contribution in [-0.4, -0.2) is 42.9 Å². The molecule has 216 valence electrons. The van der Waals surface area contributed by atoms with Crippen molar-refractivity contribution in [2.75, 3.05) is 18.0 Å². The SMILES string of the molecule is COc1cccc(N(CC(F)Cn2c3ccc(Cl)cc3c3c(C)c(-n4cccc4)cc(C)c32)S(=O)(=O)C(F)(F)F)c1. The Morgan fingerprint density at radius 1 is 1.02 bits per heavy atom. The number of ether oxygens (including phenoxy) is 1. The molecule has 1 unspecified atom stereocenters. The highest BCUT2D eigenvalue weighted by molar-refractivity contribution is 7.93. The number of sulfonamides is 1. The zero-order chi connectivity index (χ0) is 29.7. The molecule has 0 amide bonds. The second kappa shape index (κ2) is 10.6. The van der Waals surface area contributed by atoms with Crippen molar-refractivity contribution < 1.29 is 30.7 Å². The second-order valence-corrected chi connectivity index (χ2v) is 12.0. The van der Waals surface area contributed by atoms with Crippen molar-refractivity contribution in [1.29, 1.82) is 0 Å². The number of fused-ring (bicyclic) bond motifs is 3. The number of anilines is 1. The molecule has 0 aliphatic carbocycles. The third kappa shape index (κ3) is 5.12. The molecule has 0 spiro atoms. The first-order chi connectivity index (χ1) is 19.3. The summed E-state index contributed by atoms with van der Waals surface area (Å²) in [4.78, 5) is 0. The largest absolute Gasteiger partial charge is 0.516 e. The topological polar surface area (TPSA) is 56.5 Å². The molecule has 0 saturated heterocycles. The smallest absolute Gasteiger partial charge is 0.497 e. The molecule has 0 bridgehead atoms. The monoisotopic (exact) mass is 607 g/mol. The van der Waals surface area contributed by atoms with E-state index in [9.17, 15) is 21.6 Å². The molecule has 3 aromatic carbocycles. The number of hydrogen-bond acceptors (Lipinski definition) is 3. The molecule has 2 heterocycles. The lowest BCUT2D eigenvalue weighted by Crippen LogP contribution is -2.44. The van der Waals surface area contributed by atoms with E-state index in [1.54, 1.807) is 22.8 Å². The molecule has 2 aromatic heterocycles. The van der Waals surface area contributed by atoms with Gasteiger partial charge in [-0.15, -0.1) is 0 Å². The molecule has 0 N–H and O–H groups in total. The van der Waals surface area contributed by atoms with Gasteiger partial charge in [0.2, 0.25) is 0 Å². The van der Waals surface area contributed by atoms with Crippen molar-refractivity contribution in [2.45, 2.75) is 32.1 Å². The second-order valence-electron chi connectivity index (χ2n) is 9.70. The van der Waals surface area contributed by atoms with Crippen molar-refractivity contribution in [3.05, 3.63) is 89.2 Å². The van der Waals surface area contributed by atoms with Crippen LogP contribution < -0.4 is 9.04 Å². The number of aryl methyl sites for hydroxylation is 2. The maximum atomic E-state index is 15.9. The minimum atomic E-state index is -5.92. The summed E-state index contributed by atoms with van der Waals surface area (Å²) in [5.74, 6) is 0.129. The van der Waals surface area contributed by atoms with Crippen LogP contribution in [0.2, 0.25) is 5.02 Å². The molecule has 5 rings (SSSR count). The molecule has 41 heavy (non-hydrogen) atoms. The van der Waals surface area contributed by atoms with E-state index in [-0.39, 0.29) is 15.7 Å². The molecule has 0 aliphatic rings. The predicted molar refractivity (Wildman–Crippen MR) is 153 cm³/mol. The number of methoxy groups -OCH3 is 1. The quantitative estimate of drug-likeness (QED) is 0.171. The van der Waals surface area contributed by atoms with E-state index >= 15 is 4.39 Å². The van der Waals surface area contributed by atoms with E-state index < -0.39 is 34.8 Å². The fourth-order valence-corrected chi connectivity index (χ4v) is 6.42. The minimum absolute atomic E-state index is 0.0488. The van der Waals surface area contributed by atoms with Crippen LogP contribution in [0.5, 0.6) is 5.75 Å². The summed E-state index contributed by atoms with van der Waals surface area (Å²) in [6.45, 7) is 2.34. The van der Waals surface area contributed by atoms with Crippen molar-refractivity contribution in [2.24, 2.45) is 0 Å². The Hall–Kier alpha value is -3.70. The van der Waals surface area contributed by atoms with Gasteiger partial charge in [0.1, 0.15) is 11.9 Å². The Morgan fingerprint density at radius 2 is 1.73 bits per heavy atom. The first-order valence-corrected chi connectivity index (χ1v) is 14.4. The van der Waals surface area contributed by atoms with Crippen LogP contribution in [0, 0.1) is 13.8 Å². The Bertz CT molecular complexity index is 1850. The van der Waals surface area contributed by atoms with Crippen LogP contribution in [0.3, 0.4) is 0 Å². The highest BCUT2D eigenvalue weighted by atomic mass is 35.5. The Morgan fingerprint density at radius 3 is 2.39 bits per heavy atom. The van der Waals surface area contributed by atoms with Crippen LogP contribution in [0.4, 0.5) is 23.2 Å². The average molecular weight is 608 g/mol. The average Bonchev–Trinajstić information content (AvgIpc) is 3.56. The van der Waals surface area contributed by atoms with Crippen LogP contribution in [0.1, 0.15) is 11.1 Å². The number of alkyl halides is 4. The number of aromatic nitrogens is 2. The normalized spacial score (nSPS) is 13.2. The fraction of sp³-hybridized carbons (Fsp3) is 0.241. The van der Waals surface area contributed by atoms with Gasteiger partial charge in [0.15, 0.2) is 0 Å². The summed E-state index contributed by atoms with van der Waals surface area (Å²) >= 11 is 6.34. The minimum Gasteiger partial charge on any atom is -0.497 e. The molecule has 12 heteroatoms. The number of rotatable bonds is 8. The van der Waals surface area contributed by atoms with E-state index in [2.05, 4.69) is 0 Å². The fourth-order valence-electron chi connectivity index (χ4n) is 5.25. The number of benzene rings is 3. The van der Waals surface area contributed by atoms with Gasteiger partial charge in [0.25, 0.3) is 0 Å². The van der Waals surface area contributed by atoms with Gasteiger partial charge in [0, 0.05) is 45.5 Å². The standard InChI is InChI=1S/C29H26ClF4N3O3S/c1-18-13-26(35-11-4-5-12-35)19(2)27-24-14-20(30)9-10-25(24)36(28(18)27)16-21(31)17-37(41(38,39)29(32,33)34)22-7-6-8-23(15-22)40-3/h4-15,21H,16-17H2,1-3H3. The zero-order valence-corrected chi connectivity index (χ0v) is 23.9. The van der Waals surface area contributed by atoms with Gasteiger partial charge in [-0.3, -0.25) is 4.31 Å². The molecule has 0 aliphatic heterocycles. The Balaban J connectivity index is 1.63. The first-order valence-electron chi connectivity index (χ1n) is 12.6. The van der Waals surface area contributed by atoms with Gasteiger partial charge in [-0.1, -0.05) is 17.7 Å². The van der Waals surface area contributed by atoms with E-state index in [1.165, 1.54) is 19.2 Å². The lowest BCUT2D eigenvalue weighted by molar-refractivity contribution is -0.0439. The van der Waals surface area contributed by atoms with Crippen LogP contribution in [0.15, 0.2) is 73.1 Å². The summed E-state index contributed by atoms with van der Waals surface area (Å²) in [5.41, 5.74) is -2.07. The van der Waals surface area contributed by atoms with Crippen molar-refractivity contribution in [3.63, 3.8) is 0 Å². The predicted octanol–water partition coefficient (Wildman–Crippen LogP) is 7.56. The summed E-state index contributed by atoms with van der Waals surface area (Å²) in [7, 11) is -4.63. The van der Waals surface area contributed by atoms with E-state index in [4.69, 9.17) is 16.3 Å². The summed E-state index contributed by atoms with van der Waals surface area (Å²) in [5, 5.41) is 2.05. The molecule has 5 aromatic rings. The van der Waals surface area contributed by atoms with E-state index in [1.807, 2.05) is 49.0 Å². The van der Waals surface area contributed by atoms with Gasteiger partial charge in [-0.05, 0) is 73.5 Å². The van der Waals surface area contributed by atoms with Crippen molar-refractivity contribution in [1.82, 2.24) is 9.13 Å². The Kier molecular flexibility index (Phi) is 7.46. The van der Waals surface area contributed by atoms with Crippen LogP contribution >= 0.6 is 11.6 Å². The first kappa shape index (κ1) is 28.8. The van der Waals surface area contributed by atoms with E-state index in [0.717, 1.165) is 39.7 Å². The highest BCUT2D eigenvalue weighted by Gasteiger charge is 2.50. The van der Waals surface area contributed by atoms with Crippen molar-refractivity contribution >= 4 is 49.1 Å². The summed E-state index contributed by atoms with van der Waals surface area (Å²) in [6.07, 6.45) is 1.80. The van der Waals surface area contributed by atoms with Gasteiger partial charge in [0.05, 0.1) is 31.4 Å². The molecule has 0 saturated carbocycles. The maximum Gasteiger partial charge on any atom is 0.516 e. The molecule has 1 atom stereocenters. The van der Waals surface area contributed by atoms with Crippen LogP contribution in [0.25, 0.3) is 27.5 Å². The third-order valence-corrected chi connectivity index (χ3v) is 8.82. The molecule has 6 nitrogen and oxygen atoms in total. The van der Waals surface area contributed by atoms with Crippen LogP contribution in [-0.2, 0) is 16.6 Å². The lowest BCUT2D eigenvalue weighted by Gasteiger charge is -2.27. The lowest BCUT2D eigenvalue weighted by atomic mass is 10.0. The van der Waals surface area contributed by atoms with Gasteiger partial charge in [-0.25, -0.2) is 4.39 Å². The van der Waals surface area contributed by atoms with Crippen molar-refractivity contribution in [3.8, 4) is 11.4 Å². The van der Waals surface area contributed by atoms with E-state index in [0.29, 0.717) is 16.1 Å². The molecule has 0 radical (unpaired) electrons. The molecule has 0 fully saturated rings. The van der Waals surface area contributed by atoms with Gasteiger partial charge in [-0.2, -0.15) is 21.6 Å². The summed E-state index contributed by atoms with van der Waals surface area (Å²) in [6, 6.07) is 16.0. The highest BCUT2D eigenvalue weighted by Crippen LogP contribution is 2.39. The number of nitrogens with zero attached hydrogens (tertiary/aromatic N) is 3. The number of hydrogen-bond donors (Lipinski definition) is 0.